The smallest absolute Gasteiger partial charge is 0.136 e. The zero-order valence-electron chi connectivity index (χ0n) is 5.76. The first-order valence-electron chi connectivity index (χ1n) is 3.16. The summed E-state index contributed by atoms with van der Waals surface area (Å²) in [5, 5.41) is 2.98. The lowest BCUT2D eigenvalue weighted by molar-refractivity contribution is -0.109. The van der Waals surface area contributed by atoms with E-state index in [0.717, 1.165) is 25.7 Å². The standard InChI is InChI=1S/C6H14N2O/c1-8-4-2-3-6(7)5-9/h5-6,8H,2-4,7H2,1H3/t6-/m0/s1. The molecule has 3 heteroatoms. The largest absolute Gasteiger partial charge is 0.322 e. The second-order valence-electron chi connectivity index (χ2n) is 2.05. The molecule has 0 rings (SSSR count). The molecular formula is C6H14N2O. The van der Waals surface area contributed by atoms with Crippen molar-refractivity contribution in [1.29, 1.82) is 0 Å². The Hall–Kier alpha value is -0.410. The van der Waals surface area contributed by atoms with Gasteiger partial charge in [0.1, 0.15) is 6.29 Å². The molecule has 0 radical (unpaired) electrons. The van der Waals surface area contributed by atoms with Gasteiger partial charge in [0.2, 0.25) is 0 Å². The Morgan fingerprint density at radius 3 is 2.89 bits per heavy atom. The van der Waals surface area contributed by atoms with Crippen LogP contribution >= 0.6 is 0 Å². The van der Waals surface area contributed by atoms with Crippen LogP contribution in [-0.4, -0.2) is 25.9 Å². The van der Waals surface area contributed by atoms with Gasteiger partial charge in [-0.05, 0) is 26.4 Å². The van der Waals surface area contributed by atoms with Crippen molar-refractivity contribution in [3.8, 4) is 0 Å². The lowest BCUT2D eigenvalue weighted by atomic mass is 10.2. The normalized spacial score (nSPS) is 13.1. The first-order chi connectivity index (χ1) is 4.31. The maximum absolute atomic E-state index is 9.95. The van der Waals surface area contributed by atoms with Gasteiger partial charge < -0.3 is 15.8 Å². The van der Waals surface area contributed by atoms with Crippen molar-refractivity contribution in [2.75, 3.05) is 13.6 Å². The Balaban J connectivity index is 2.96. The van der Waals surface area contributed by atoms with Crippen molar-refractivity contribution in [2.45, 2.75) is 18.9 Å². The van der Waals surface area contributed by atoms with Crippen LogP contribution in [0, 0.1) is 0 Å². The SMILES string of the molecule is CNCCC[C@H](N)C=O. The molecule has 0 aromatic heterocycles. The van der Waals surface area contributed by atoms with E-state index in [2.05, 4.69) is 5.32 Å². The number of hydrogen-bond acceptors (Lipinski definition) is 3. The van der Waals surface area contributed by atoms with Crippen molar-refractivity contribution in [2.24, 2.45) is 5.73 Å². The first-order valence-corrected chi connectivity index (χ1v) is 3.16. The van der Waals surface area contributed by atoms with Crippen LogP contribution < -0.4 is 11.1 Å². The molecule has 0 aliphatic rings. The summed E-state index contributed by atoms with van der Waals surface area (Å²) in [5.74, 6) is 0. The van der Waals surface area contributed by atoms with Gasteiger partial charge in [0.15, 0.2) is 0 Å². The van der Waals surface area contributed by atoms with Gasteiger partial charge in [-0.25, -0.2) is 0 Å². The maximum Gasteiger partial charge on any atom is 0.136 e. The average molecular weight is 130 g/mol. The number of aldehydes is 1. The Morgan fingerprint density at radius 1 is 1.78 bits per heavy atom. The quantitative estimate of drug-likeness (QED) is 0.390. The Bertz CT molecular complexity index is 75.5. The molecule has 0 heterocycles. The molecule has 0 aromatic rings. The molecule has 0 aliphatic carbocycles. The number of carbonyl (C=O) groups excluding carboxylic acids is 1. The minimum Gasteiger partial charge on any atom is -0.322 e. The second kappa shape index (κ2) is 5.72. The van der Waals surface area contributed by atoms with Crippen molar-refractivity contribution in [3.05, 3.63) is 0 Å². The molecule has 0 amide bonds. The van der Waals surface area contributed by atoms with E-state index in [1.807, 2.05) is 7.05 Å². The molecule has 0 spiro atoms. The van der Waals surface area contributed by atoms with Gasteiger partial charge in [-0.15, -0.1) is 0 Å². The van der Waals surface area contributed by atoms with Crippen molar-refractivity contribution < 1.29 is 4.79 Å². The van der Waals surface area contributed by atoms with Gasteiger partial charge in [-0.3, -0.25) is 0 Å². The molecule has 0 unspecified atom stereocenters. The molecule has 0 bridgehead atoms. The topological polar surface area (TPSA) is 55.1 Å². The van der Waals surface area contributed by atoms with E-state index >= 15 is 0 Å². The Labute approximate surface area is 55.6 Å². The molecular weight excluding hydrogens is 116 g/mol. The second-order valence-corrected chi connectivity index (χ2v) is 2.05. The third kappa shape index (κ3) is 5.46. The predicted octanol–water partition coefficient (Wildman–Crippen LogP) is -0.488. The molecule has 0 aromatic carbocycles. The first kappa shape index (κ1) is 8.59. The fourth-order valence-electron chi connectivity index (χ4n) is 0.583. The van der Waals surface area contributed by atoms with Crippen LogP contribution in [0.4, 0.5) is 0 Å². The van der Waals surface area contributed by atoms with Gasteiger partial charge in [-0.2, -0.15) is 0 Å². The van der Waals surface area contributed by atoms with Crippen LogP contribution in [0.25, 0.3) is 0 Å². The highest BCUT2D eigenvalue weighted by atomic mass is 16.1. The Morgan fingerprint density at radius 2 is 2.44 bits per heavy atom. The predicted molar refractivity (Wildman–Crippen MR) is 37.2 cm³/mol. The maximum atomic E-state index is 9.95. The molecule has 0 saturated carbocycles. The van der Waals surface area contributed by atoms with Crippen LogP contribution in [0.15, 0.2) is 0 Å². The van der Waals surface area contributed by atoms with E-state index in [9.17, 15) is 4.79 Å². The zero-order valence-corrected chi connectivity index (χ0v) is 5.76. The summed E-state index contributed by atoms with van der Waals surface area (Å²) in [6.45, 7) is 0.932. The lowest BCUT2D eigenvalue weighted by Gasteiger charge is -2.01. The highest BCUT2D eigenvalue weighted by Gasteiger charge is 1.96. The van der Waals surface area contributed by atoms with Gasteiger partial charge in [0.05, 0.1) is 6.04 Å². The molecule has 54 valence electrons. The van der Waals surface area contributed by atoms with E-state index in [0.29, 0.717) is 0 Å². The summed E-state index contributed by atoms with van der Waals surface area (Å²) < 4.78 is 0. The number of nitrogens with two attached hydrogens (primary N) is 1. The van der Waals surface area contributed by atoms with Crippen molar-refractivity contribution in [1.82, 2.24) is 5.32 Å². The molecule has 3 N–H and O–H groups in total. The average Bonchev–Trinajstić information content (AvgIpc) is 1.89. The summed E-state index contributed by atoms with van der Waals surface area (Å²) in [6.07, 6.45) is 2.54. The fourth-order valence-corrected chi connectivity index (χ4v) is 0.583. The third-order valence-electron chi connectivity index (χ3n) is 1.14. The summed E-state index contributed by atoms with van der Waals surface area (Å²) in [4.78, 5) is 9.95. The van der Waals surface area contributed by atoms with Crippen LogP contribution in [-0.2, 0) is 4.79 Å². The molecule has 0 aliphatic heterocycles. The van der Waals surface area contributed by atoms with E-state index in [-0.39, 0.29) is 6.04 Å². The van der Waals surface area contributed by atoms with Crippen LogP contribution in [0.3, 0.4) is 0 Å². The molecule has 9 heavy (non-hydrogen) atoms. The molecule has 0 fully saturated rings. The van der Waals surface area contributed by atoms with E-state index in [1.54, 1.807) is 0 Å². The van der Waals surface area contributed by atoms with Gasteiger partial charge in [-0.1, -0.05) is 0 Å². The summed E-state index contributed by atoms with van der Waals surface area (Å²) in [6, 6.07) is -0.265. The molecule has 3 nitrogen and oxygen atoms in total. The highest BCUT2D eigenvalue weighted by molar-refractivity contribution is 5.56. The molecule has 1 atom stereocenters. The van der Waals surface area contributed by atoms with Gasteiger partial charge in [0, 0.05) is 0 Å². The number of hydrogen-bond donors (Lipinski definition) is 2. The highest BCUT2D eigenvalue weighted by Crippen LogP contribution is 1.88. The van der Waals surface area contributed by atoms with E-state index in [4.69, 9.17) is 5.73 Å². The minimum absolute atomic E-state index is 0.265. The van der Waals surface area contributed by atoms with Crippen molar-refractivity contribution in [3.63, 3.8) is 0 Å². The number of nitrogens with one attached hydrogen (secondary N) is 1. The zero-order chi connectivity index (χ0) is 7.11. The third-order valence-corrected chi connectivity index (χ3v) is 1.14. The van der Waals surface area contributed by atoms with Gasteiger partial charge >= 0.3 is 0 Å². The van der Waals surface area contributed by atoms with Crippen LogP contribution in [0.5, 0.6) is 0 Å². The van der Waals surface area contributed by atoms with Crippen molar-refractivity contribution >= 4 is 6.29 Å². The molecule has 0 saturated heterocycles. The Kier molecular flexibility index (Phi) is 5.46. The lowest BCUT2D eigenvalue weighted by Crippen LogP contribution is -2.22. The van der Waals surface area contributed by atoms with Gasteiger partial charge in [0.25, 0.3) is 0 Å². The summed E-state index contributed by atoms with van der Waals surface area (Å²) in [7, 11) is 1.88. The number of carbonyl (C=O) groups is 1. The number of rotatable bonds is 5. The van der Waals surface area contributed by atoms with Crippen LogP contribution in [0.2, 0.25) is 0 Å². The summed E-state index contributed by atoms with van der Waals surface area (Å²) in [5.41, 5.74) is 5.32. The fraction of sp³-hybridized carbons (Fsp3) is 0.833. The monoisotopic (exact) mass is 130 g/mol. The van der Waals surface area contributed by atoms with Crippen LogP contribution in [0.1, 0.15) is 12.8 Å². The minimum atomic E-state index is -0.265. The van der Waals surface area contributed by atoms with E-state index in [1.165, 1.54) is 0 Å². The summed E-state index contributed by atoms with van der Waals surface area (Å²) >= 11 is 0. The van der Waals surface area contributed by atoms with E-state index < -0.39 is 0 Å².